The third-order valence-electron chi connectivity index (χ3n) is 3.60. The molecule has 4 nitrogen and oxygen atoms in total. The maximum Gasteiger partial charge on any atom is 0.224 e. The Morgan fingerprint density at radius 1 is 1.40 bits per heavy atom. The average molecular weight is 274 g/mol. The second-order valence-corrected chi connectivity index (χ2v) is 4.97. The van der Waals surface area contributed by atoms with E-state index in [0.29, 0.717) is 13.0 Å². The first-order chi connectivity index (χ1) is 9.63. The monoisotopic (exact) mass is 274 g/mol. The molecule has 1 aromatic carbocycles. The number of carbonyl (C=O) groups excluding carboxylic acids is 1. The Morgan fingerprint density at radius 3 is 2.85 bits per heavy atom. The minimum absolute atomic E-state index is 0.0588. The average Bonchev–Trinajstić information content (AvgIpc) is 2.89. The van der Waals surface area contributed by atoms with Gasteiger partial charge in [0.05, 0.1) is 6.04 Å². The van der Waals surface area contributed by atoms with Gasteiger partial charge in [-0.2, -0.15) is 0 Å². The van der Waals surface area contributed by atoms with Gasteiger partial charge in [-0.3, -0.25) is 4.79 Å². The Bertz CT molecular complexity index is 544. The molecule has 0 aliphatic heterocycles. The summed E-state index contributed by atoms with van der Waals surface area (Å²) in [6, 6.07) is 9.84. The van der Waals surface area contributed by atoms with Crippen LogP contribution in [0.5, 0.6) is 0 Å². The van der Waals surface area contributed by atoms with Crippen molar-refractivity contribution in [2.24, 2.45) is 0 Å². The van der Waals surface area contributed by atoms with E-state index in [-0.39, 0.29) is 11.9 Å². The Morgan fingerprint density at radius 2 is 2.15 bits per heavy atom. The predicted octanol–water partition coefficient (Wildman–Crippen LogP) is 2.95. The van der Waals surface area contributed by atoms with E-state index in [1.54, 1.807) is 4.90 Å². The number of amides is 1. The zero-order chi connectivity index (χ0) is 14.5. The van der Waals surface area contributed by atoms with E-state index in [2.05, 4.69) is 5.32 Å². The van der Waals surface area contributed by atoms with Crippen LogP contribution in [0.15, 0.2) is 34.7 Å². The number of rotatable bonds is 6. The van der Waals surface area contributed by atoms with Crippen molar-refractivity contribution in [2.45, 2.75) is 26.3 Å². The lowest BCUT2D eigenvalue weighted by Crippen LogP contribution is -2.31. The fourth-order valence-corrected chi connectivity index (χ4v) is 2.16. The highest BCUT2D eigenvalue weighted by Gasteiger charge is 2.20. The largest absolute Gasteiger partial charge is 0.459 e. The van der Waals surface area contributed by atoms with Gasteiger partial charge in [0.15, 0.2) is 0 Å². The topological polar surface area (TPSA) is 45.5 Å². The van der Waals surface area contributed by atoms with Crippen LogP contribution >= 0.6 is 0 Å². The molecule has 2 aromatic rings. The van der Waals surface area contributed by atoms with E-state index in [0.717, 1.165) is 23.3 Å². The SMILES string of the molecule is CCNCCC(=O)N(C)C(C)c1cc2ccccc2o1. The van der Waals surface area contributed by atoms with E-state index in [4.69, 9.17) is 4.42 Å². The van der Waals surface area contributed by atoms with Gasteiger partial charge in [-0.25, -0.2) is 0 Å². The molecule has 1 unspecified atom stereocenters. The standard InChI is InChI=1S/C16H22N2O2/c1-4-17-10-9-16(19)18(3)12(2)15-11-13-7-5-6-8-14(13)20-15/h5-8,11-12,17H,4,9-10H2,1-3H3. The molecular formula is C16H22N2O2. The highest BCUT2D eigenvalue weighted by Crippen LogP contribution is 2.26. The summed E-state index contributed by atoms with van der Waals surface area (Å²) >= 11 is 0. The summed E-state index contributed by atoms with van der Waals surface area (Å²) in [5.74, 6) is 0.949. The molecule has 0 saturated carbocycles. The number of furan rings is 1. The molecule has 1 atom stereocenters. The number of nitrogens with one attached hydrogen (secondary N) is 1. The Kier molecular flexibility index (Phi) is 4.79. The number of hydrogen-bond acceptors (Lipinski definition) is 3. The predicted molar refractivity (Wildman–Crippen MR) is 80.6 cm³/mol. The molecule has 0 aliphatic rings. The molecule has 2 rings (SSSR count). The van der Waals surface area contributed by atoms with Crippen LogP contribution in [0.25, 0.3) is 11.0 Å². The summed E-state index contributed by atoms with van der Waals surface area (Å²) in [4.78, 5) is 13.8. The maximum absolute atomic E-state index is 12.1. The Balaban J connectivity index is 2.05. The molecule has 108 valence electrons. The van der Waals surface area contributed by atoms with Gasteiger partial charge in [0.25, 0.3) is 0 Å². The molecule has 0 spiro atoms. The molecule has 4 heteroatoms. The second kappa shape index (κ2) is 6.57. The fraction of sp³-hybridized carbons (Fsp3) is 0.438. The lowest BCUT2D eigenvalue weighted by Gasteiger charge is -2.23. The van der Waals surface area contributed by atoms with Gasteiger partial charge in [-0.1, -0.05) is 25.1 Å². The lowest BCUT2D eigenvalue weighted by molar-refractivity contribution is -0.132. The molecule has 1 heterocycles. The van der Waals surface area contributed by atoms with Gasteiger partial charge in [-0.15, -0.1) is 0 Å². The molecule has 0 aliphatic carbocycles. The van der Waals surface area contributed by atoms with E-state index >= 15 is 0 Å². The van der Waals surface area contributed by atoms with E-state index in [1.165, 1.54) is 0 Å². The summed E-state index contributed by atoms with van der Waals surface area (Å²) in [5, 5.41) is 4.24. The third kappa shape index (κ3) is 3.20. The van der Waals surface area contributed by atoms with Gasteiger partial charge in [0, 0.05) is 25.4 Å². The summed E-state index contributed by atoms with van der Waals surface area (Å²) in [7, 11) is 1.83. The first kappa shape index (κ1) is 14.6. The third-order valence-corrected chi connectivity index (χ3v) is 3.60. The van der Waals surface area contributed by atoms with E-state index in [9.17, 15) is 4.79 Å². The van der Waals surface area contributed by atoms with Crippen molar-refractivity contribution < 1.29 is 9.21 Å². The molecule has 0 fully saturated rings. The summed E-state index contributed by atoms with van der Waals surface area (Å²) in [5.41, 5.74) is 0.864. The molecule has 1 amide bonds. The van der Waals surface area contributed by atoms with Crippen molar-refractivity contribution in [3.8, 4) is 0 Å². The molecule has 1 aromatic heterocycles. The zero-order valence-electron chi connectivity index (χ0n) is 12.3. The van der Waals surface area contributed by atoms with Crippen LogP contribution in [-0.4, -0.2) is 30.9 Å². The van der Waals surface area contributed by atoms with Crippen molar-refractivity contribution in [3.63, 3.8) is 0 Å². The first-order valence-corrected chi connectivity index (χ1v) is 7.08. The van der Waals surface area contributed by atoms with Gasteiger partial charge >= 0.3 is 0 Å². The van der Waals surface area contributed by atoms with Crippen molar-refractivity contribution in [2.75, 3.05) is 20.1 Å². The summed E-state index contributed by atoms with van der Waals surface area (Å²) in [6.07, 6.45) is 0.509. The Labute approximate surface area is 119 Å². The second-order valence-electron chi connectivity index (χ2n) is 4.97. The molecule has 0 bridgehead atoms. The van der Waals surface area contributed by atoms with Gasteiger partial charge < -0.3 is 14.6 Å². The maximum atomic E-state index is 12.1. The van der Waals surface area contributed by atoms with Crippen molar-refractivity contribution >= 4 is 16.9 Å². The molecular weight excluding hydrogens is 252 g/mol. The van der Waals surface area contributed by atoms with Gasteiger partial charge in [0.2, 0.25) is 5.91 Å². The van der Waals surface area contributed by atoms with Crippen molar-refractivity contribution in [1.29, 1.82) is 0 Å². The highest BCUT2D eigenvalue weighted by molar-refractivity contribution is 5.79. The normalized spacial score (nSPS) is 12.6. The molecule has 0 radical (unpaired) electrons. The van der Waals surface area contributed by atoms with E-state index in [1.807, 2.05) is 51.2 Å². The number of hydrogen-bond donors (Lipinski definition) is 1. The Hall–Kier alpha value is -1.81. The highest BCUT2D eigenvalue weighted by atomic mass is 16.3. The van der Waals surface area contributed by atoms with Gasteiger partial charge in [-0.05, 0) is 25.6 Å². The smallest absolute Gasteiger partial charge is 0.224 e. The van der Waals surface area contributed by atoms with Crippen LogP contribution in [0.3, 0.4) is 0 Å². The minimum Gasteiger partial charge on any atom is -0.459 e. The van der Waals surface area contributed by atoms with Crippen LogP contribution in [0.1, 0.15) is 32.1 Å². The van der Waals surface area contributed by atoms with Crippen LogP contribution in [0.4, 0.5) is 0 Å². The van der Waals surface area contributed by atoms with Crippen LogP contribution in [0, 0.1) is 0 Å². The first-order valence-electron chi connectivity index (χ1n) is 7.08. The number of benzene rings is 1. The molecule has 0 saturated heterocycles. The quantitative estimate of drug-likeness (QED) is 0.824. The van der Waals surface area contributed by atoms with Crippen LogP contribution in [-0.2, 0) is 4.79 Å². The van der Waals surface area contributed by atoms with E-state index < -0.39 is 0 Å². The number of carbonyl (C=O) groups is 1. The van der Waals surface area contributed by atoms with Crippen LogP contribution < -0.4 is 5.32 Å². The number of para-hydroxylation sites is 1. The van der Waals surface area contributed by atoms with Crippen molar-refractivity contribution in [1.82, 2.24) is 10.2 Å². The van der Waals surface area contributed by atoms with Crippen molar-refractivity contribution in [3.05, 3.63) is 36.1 Å². The van der Waals surface area contributed by atoms with Gasteiger partial charge in [0.1, 0.15) is 11.3 Å². The fourth-order valence-electron chi connectivity index (χ4n) is 2.16. The molecule has 20 heavy (non-hydrogen) atoms. The molecule has 1 N–H and O–H groups in total. The number of nitrogens with zero attached hydrogens (tertiary/aromatic N) is 1. The number of fused-ring (bicyclic) bond motifs is 1. The lowest BCUT2D eigenvalue weighted by atomic mass is 10.2. The van der Waals surface area contributed by atoms with Crippen LogP contribution in [0.2, 0.25) is 0 Å². The summed E-state index contributed by atoms with van der Waals surface area (Å²) < 4.78 is 5.82. The minimum atomic E-state index is -0.0588. The summed E-state index contributed by atoms with van der Waals surface area (Å²) in [6.45, 7) is 5.62. The zero-order valence-corrected chi connectivity index (χ0v) is 12.3.